The first kappa shape index (κ1) is 14.8. The maximum Gasteiger partial charge on any atom is 0.311 e. The van der Waals surface area contributed by atoms with Crippen LogP contribution in [0.25, 0.3) is 0 Å². The van der Waals surface area contributed by atoms with Crippen LogP contribution >= 0.6 is 15.9 Å². The van der Waals surface area contributed by atoms with Gasteiger partial charge in [0.25, 0.3) is 0 Å². The highest BCUT2D eigenvalue weighted by molar-refractivity contribution is 9.10. The zero-order valence-electron chi connectivity index (χ0n) is 11.6. The van der Waals surface area contributed by atoms with Gasteiger partial charge >= 0.3 is 5.97 Å². The summed E-state index contributed by atoms with van der Waals surface area (Å²) in [6, 6.07) is 13.7. The van der Waals surface area contributed by atoms with Crippen LogP contribution in [-0.2, 0) is 11.2 Å². The van der Waals surface area contributed by atoms with E-state index in [4.69, 9.17) is 0 Å². The van der Waals surface area contributed by atoms with E-state index in [0.717, 1.165) is 26.7 Å². The summed E-state index contributed by atoms with van der Waals surface area (Å²) >= 11 is 3.44. The molecule has 20 heavy (non-hydrogen) atoms. The van der Waals surface area contributed by atoms with Crippen LogP contribution in [0.1, 0.15) is 28.2 Å². The van der Waals surface area contributed by atoms with Crippen molar-refractivity contribution < 1.29 is 9.90 Å². The average molecular weight is 333 g/mol. The molecule has 0 heterocycles. The Bertz CT molecular complexity index is 614. The molecule has 2 nitrogen and oxygen atoms in total. The number of aliphatic carboxylic acids is 1. The molecule has 1 N–H and O–H groups in total. The fraction of sp³-hybridized carbons (Fsp3) is 0.235. The summed E-state index contributed by atoms with van der Waals surface area (Å²) in [5.74, 6) is -1.33. The molecule has 0 aromatic heterocycles. The number of carboxylic acid groups (broad SMARTS) is 1. The quantitative estimate of drug-likeness (QED) is 0.896. The van der Waals surface area contributed by atoms with Gasteiger partial charge in [-0.3, -0.25) is 4.79 Å². The van der Waals surface area contributed by atoms with Crippen LogP contribution in [0, 0.1) is 13.8 Å². The van der Waals surface area contributed by atoms with Crippen molar-refractivity contribution in [3.63, 3.8) is 0 Å². The van der Waals surface area contributed by atoms with Crippen LogP contribution in [0.3, 0.4) is 0 Å². The topological polar surface area (TPSA) is 37.3 Å². The van der Waals surface area contributed by atoms with Gasteiger partial charge in [-0.15, -0.1) is 0 Å². The smallest absolute Gasteiger partial charge is 0.311 e. The first-order chi connectivity index (χ1) is 9.47. The number of rotatable bonds is 4. The van der Waals surface area contributed by atoms with E-state index >= 15 is 0 Å². The second kappa shape index (κ2) is 6.23. The van der Waals surface area contributed by atoms with E-state index in [9.17, 15) is 9.90 Å². The summed E-state index contributed by atoms with van der Waals surface area (Å²) in [5.41, 5.74) is 4.21. The van der Waals surface area contributed by atoms with Crippen molar-refractivity contribution in [1.29, 1.82) is 0 Å². The molecule has 0 spiro atoms. The molecule has 1 unspecified atom stereocenters. The fourth-order valence-corrected chi connectivity index (χ4v) is 3.07. The second-order valence-electron chi connectivity index (χ2n) is 5.11. The predicted molar refractivity (Wildman–Crippen MR) is 84.1 cm³/mol. The Hall–Kier alpha value is -1.61. The Balaban J connectivity index is 2.36. The molecule has 2 rings (SSSR count). The monoisotopic (exact) mass is 332 g/mol. The third kappa shape index (κ3) is 3.48. The normalized spacial score (nSPS) is 12.2. The number of carbonyl (C=O) groups is 1. The minimum Gasteiger partial charge on any atom is -0.481 e. The van der Waals surface area contributed by atoms with Crippen LogP contribution in [0.2, 0.25) is 0 Å². The predicted octanol–water partition coefficient (Wildman–Crippen LogP) is 4.48. The molecule has 0 bridgehead atoms. The van der Waals surface area contributed by atoms with E-state index in [-0.39, 0.29) is 0 Å². The van der Waals surface area contributed by atoms with E-state index in [1.54, 1.807) is 0 Å². The molecule has 0 radical (unpaired) electrons. The lowest BCUT2D eigenvalue weighted by atomic mass is 9.91. The summed E-state index contributed by atoms with van der Waals surface area (Å²) in [6.07, 6.45) is 0.500. The molecule has 0 amide bonds. The summed E-state index contributed by atoms with van der Waals surface area (Å²) in [7, 11) is 0. The fourth-order valence-electron chi connectivity index (χ4n) is 2.51. The number of benzene rings is 2. The zero-order valence-corrected chi connectivity index (χ0v) is 13.1. The summed E-state index contributed by atoms with van der Waals surface area (Å²) in [5, 5.41) is 9.53. The molecule has 0 aliphatic heterocycles. The van der Waals surface area contributed by atoms with Gasteiger partial charge in [0.05, 0.1) is 5.92 Å². The number of hydrogen-bond acceptors (Lipinski definition) is 1. The SMILES string of the molecule is Cc1cc(C)cc(CC(C(=O)O)c2ccccc2Br)c1. The van der Waals surface area contributed by atoms with E-state index < -0.39 is 11.9 Å². The van der Waals surface area contributed by atoms with Crippen molar-refractivity contribution in [3.8, 4) is 0 Å². The van der Waals surface area contributed by atoms with Gasteiger partial charge in [-0.05, 0) is 37.5 Å². The maximum absolute atomic E-state index is 11.6. The Kier molecular flexibility index (Phi) is 4.61. The van der Waals surface area contributed by atoms with Gasteiger partial charge in [0, 0.05) is 4.47 Å². The number of hydrogen-bond donors (Lipinski definition) is 1. The van der Waals surface area contributed by atoms with Crippen LogP contribution in [0.4, 0.5) is 0 Å². The highest BCUT2D eigenvalue weighted by atomic mass is 79.9. The van der Waals surface area contributed by atoms with Gasteiger partial charge in [0.2, 0.25) is 0 Å². The number of carboxylic acids is 1. The molecule has 0 aliphatic rings. The van der Waals surface area contributed by atoms with Gasteiger partial charge in [-0.1, -0.05) is 63.5 Å². The molecule has 3 heteroatoms. The first-order valence-electron chi connectivity index (χ1n) is 6.52. The third-order valence-corrected chi connectivity index (χ3v) is 4.02. The zero-order chi connectivity index (χ0) is 14.7. The molecule has 0 aliphatic carbocycles. The first-order valence-corrected chi connectivity index (χ1v) is 7.31. The molecular weight excluding hydrogens is 316 g/mol. The standard InChI is InChI=1S/C17H17BrO2/c1-11-7-12(2)9-13(8-11)10-15(17(19)20)14-5-3-4-6-16(14)18/h3-9,15H,10H2,1-2H3,(H,19,20). The third-order valence-electron chi connectivity index (χ3n) is 3.30. The van der Waals surface area contributed by atoms with Crippen molar-refractivity contribution in [1.82, 2.24) is 0 Å². The molecule has 104 valence electrons. The van der Waals surface area contributed by atoms with Crippen LogP contribution in [-0.4, -0.2) is 11.1 Å². The average Bonchev–Trinajstić information content (AvgIpc) is 2.35. The molecule has 2 aromatic carbocycles. The second-order valence-corrected chi connectivity index (χ2v) is 5.97. The van der Waals surface area contributed by atoms with Crippen molar-refractivity contribution in [2.24, 2.45) is 0 Å². The van der Waals surface area contributed by atoms with Crippen LogP contribution in [0.5, 0.6) is 0 Å². The van der Waals surface area contributed by atoms with Crippen molar-refractivity contribution in [2.75, 3.05) is 0 Å². The summed E-state index contributed by atoms with van der Waals surface area (Å²) in [4.78, 5) is 11.6. The Morgan fingerprint density at radius 2 is 1.75 bits per heavy atom. The molecule has 2 aromatic rings. The molecule has 0 saturated carbocycles. The lowest BCUT2D eigenvalue weighted by molar-refractivity contribution is -0.138. The maximum atomic E-state index is 11.6. The Morgan fingerprint density at radius 3 is 2.30 bits per heavy atom. The number of halogens is 1. The van der Waals surface area contributed by atoms with E-state index in [2.05, 4.69) is 34.1 Å². The lowest BCUT2D eigenvalue weighted by Gasteiger charge is -2.15. The Morgan fingerprint density at radius 1 is 1.15 bits per heavy atom. The van der Waals surface area contributed by atoms with E-state index in [0.29, 0.717) is 6.42 Å². The Labute approximate surface area is 127 Å². The summed E-state index contributed by atoms with van der Waals surface area (Å²) in [6.45, 7) is 4.06. The number of aryl methyl sites for hydroxylation is 2. The lowest BCUT2D eigenvalue weighted by Crippen LogP contribution is -2.15. The van der Waals surface area contributed by atoms with Gasteiger partial charge in [-0.2, -0.15) is 0 Å². The molecule has 0 fully saturated rings. The van der Waals surface area contributed by atoms with Crippen molar-refractivity contribution in [2.45, 2.75) is 26.2 Å². The molecule has 0 saturated heterocycles. The largest absolute Gasteiger partial charge is 0.481 e. The molecule has 1 atom stereocenters. The van der Waals surface area contributed by atoms with Gasteiger partial charge in [0.1, 0.15) is 0 Å². The van der Waals surface area contributed by atoms with Gasteiger partial charge in [-0.25, -0.2) is 0 Å². The van der Waals surface area contributed by atoms with Crippen LogP contribution < -0.4 is 0 Å². The highest BCUT2D eigenvalue weighted by Crippen LogP contribution is 2.28. The van der Waals surface area contributed by atoms with Crippen molar-refractivity contribution >= 4 is 21.9 Å². The van der Waals surface area contributed by atoms with Gasteiger partial charge in [0.15, 0.2) is 0 Å². The van der Waals surface area contributed by atoms with Gasteiger partial charge < -0.3 is 5.11 Å². The van der Waals surface area contributed by atoms with E-state index in [1.807, 2.05) is 38.1 Å². The molecular formula is C17H17BrO2. The van der Waals surface area contributed by atoms with Crippen LogP contribution in [0.15, 0.2) is 46.9 Å². The van der Waals surface area contributed by atoms with E-state index in [1.165, 1.54) is 0 Å². The van der Waals surface area contributed by atoms with Crippen molar-refractivity contribution in [3.05, 3.63) is 69.2 Å². The highest BCUT2D eigenvalue weighted by Gasteiger charge is 2.22. The minimum atomic E-state index is -0.795. The minimum absolute atomic E-state index is 0.500. The summed E-state index contributed by atoms with van der Waals surface area (Å²) < 4.78 is 0.844.